The van der Waals surface area contributed by atoms with Crippen molar-refractivity contribution in [1.29, 1.82) is 0 Å². The van der Waals surface area contributed by atoms with Crippen molar-refractivity contribution in [2.24, 2.45) is 0 Å². The Labute approximate surface area is 95.0 Å². The largest absolute Gasteiger partial charge is 0.465 e. The van der Waals surface area contributed by atoms with Crippen LogP contribution in [0.5, 0.6) is 0 Å². The number of hydrogen-bond acceptors (Lipinski definition) is 3. The lowest BCUT2D eigenvalue weighted by Gasteiger charge is -2.12. The van der Waals surface area contributed by atoms with E-state index in [1.54, 1.807) is 17.7 Å². The van der Waals surface area contributed by atoms with Gasteiger partial charge < -0.3 is 15.5 Å². The van der Waals surface area contributed by atoms with Crippen LogP contribution in [0.4, 0.5) is 4.79 Å². The number of hydrogen-bond donors (Lipinski definition) is 3. The fourth-order valence-corrected chi connectivity index (χ4v) is 1.68. The van der Waals surface area contributed by atoms with E-state index >= 15 is 0 Å². The summed E-state index contributed by atoms with van der Waals surface area (Å²) in [5, 5.41) is 23.9. The summed E-state index contributed by atoms with van der Waals surface area (Å²) >= 11 is 3.18. The van der Waals surface area contributed by atoms with E-state index in [9.17, 15) is 4.79 Å². The van der Waals surface area contributed by atoms with Crippen molar-refractivity contribution in [1.82, 2.24) is 15.1 Å². The minimum atomic E-state index is -1.07. The summed E-state index contributed by atoms with van der Waals surface area (Å²) in [7, 11) is 0. The van der Waals surface area contributed by atoms with Crippen molar-refractivity contribution < 1.29 is 15.0 Å². The van der Waals surface area contributed by atoms with E-state index in [0.717, 1.165) is 0 Å². The molecule has 3 N–H and O–H groups in total. The Kier molecular flexibility index (Phi) is 4.10. The highest BCUT2D eigenvalue weighted by Crippen LogP contribution is 2.11. The highest BCUT2D eigenvalue weighted by atomic mass is 79.9. The lowest BCUT2D eigenvalue weighted by molar-refractivity contribution is 0.188. The van der Waals surface area contributed by atoms with Crippen LogP contribution in [0.3, 0.4) is 0 Å². The predicted octanol–water partition coefficient (Wildman–Crippen LogP) is 0.794. The minimum Gasteiger partial charge on any atom is -0.465 e. The maximum atomic E-state index is 10.4. The molecule has 0 spiro atoms. The first-order valence-electron chi connectivity index (χ1n) is 4.35. The molecule has 0 aliphatic carbocycles. The Hall–Kier alpha value is -1.08. The Morgan fingerprint density at radius 1 is 1.80 bits per heavy atom. The molecular weight excluding hydrogens is 266 g/mol. The fourth-order valence-electron chi connectivity index (χ4n) is 1.22. The number of carbonyl (C=O) groups is 1. The van der Waals surface area contributed by atoms with E-state index in [2.05, 4.69) is 26.3 Å². The molecule has 0 bridgehead atoms. The summed E-state index contributed by atoms with van der Waals surface area (Å²) in [4.78, 5) is 10.4. The summed E-state index contributed by atoms with van der Waals surface area (Å²) in [6, 6.07) is 1.42. The average Bonchev–Trinajstić information content (AvgIpc) is 2.44. The number of amides is 1. The van der Waals surface area contributed by atoms with Crippen molar-refractivity contribution in [3.63, 3.8) is 0 Å². The zero-order valence-corrected chi connectivity index (χ0v) is 9.73. The molecule has 0 aromatic carbocycles. The lowest BCUT2D eigenvalue weighted by Crippen LogP contribution is -2.35. The van der Waals surface area contributed by atoms with Gasteiger partial charge in [-0.15, -0.1) is 0 Å². The Morgan fingerprint density at radius 2 is 2.47 bits per heavy atom. The number of halogens is 1. The molecule has 15 heavy (non-hydrogen) atoms. The van der Waals surface area contributed by atoms with E-state index in [1.807, 2.05) is 0 Å². The molecule has 0 aliphatic heterocycles. The molecule has 1 atom stereocenters. The van der Waals surface area contributed by atoms with E-state index in [4.69, 9.17) is 10.2 Å². The molecule has 1 rings (SSSR count). The highest BCUT2D eigenvalue weighted by Gasteiger charge is 2.10. The molecule has 7 heteroatoms. The number of aliphatic hydroxyl groups excluding tert-OH is 1. The first kappa shape index (κ1) is 12.0. The van der Waals surface area contributed by atoms with Crippen LogP contribution < -0.4 is 5.32 Å². The van der Waals surface area contributed by atoms with Gasteiger partial charge in [-0.05, 0) is 28.9 Å². The third kappa shape index (κ3) is 3.52. The van der Waals surface area contributed by atoms with E-state index in [0.29, 0.717) is 16.8 Å². The van der Waals surface area contributed by atoms with Gasteiger partial charge in [0.25, 0.3) is 0 Å². The number of nitrogens with one attached hydrogen (secondary N) is 1. The van der Waals surface area contributed by atoms with Gasteiger partial charge in [0, 0.05) is 6.04 Å². The molecule has 0 radical (unpaired) electrons. The van der Waals surface area contributed by atoms with Crippen molar-refractivity contribution in [2.75, 3.05) is 0 Å². The maximum Gasteiger partial charge on any atom is 0.404 e. The summed E-state index contributed by atoms with van der Waals surface area (Å²) in [5.41, 5.74) is 0.640. The van der Waals surface area contributed by atoms with Gasteiger partial charge in [0.1, 0.15) is 4.60 Å². The molecule has 0 fully saturated rings. The third-order valence-corrected chi connectivity index (χ3v) is 2.20. The van der Waals surface area contributed by atoms with E-state index < -0.39 is 6.09 Å². The zero-order valence-electron chi connectivity index (χ0n) is 8.14. The first-order chi connectivity index (χ1) is 7.02. The fraction of sp³-hybridized carbons (Fsp3) is 0.500. The van der Waals surface area contributed by atoms with E-state index in [1.165, 1.54) is 0 Å². The number of nitrogens with zero attached hydrogens (tertiary/aromatic N) is 2. The molecule has 84 valence electrons. The van der Waals surface area contributed by atoms with Crippen LogP contribution in [0.15, 0.2) is 10.7 Å². The molecule has 1 aromatic rings. The topological polar surface area (TPSA) is 87.4 Å². The van der Waals surface area contributed by atoms with Crippen LogP contribution >= 0.6 is 15.9 Å². The molecule has 0 saturated carbocycles. The van der Waals surface area contributed by atoms with Crippen LogP contribution in [0.25, 0.3) is 0 Å². The monoisotopic (exact) mass is 277 g/mol. The molecule has 0 unspecified atom stereocenters. The van der Waals surface area contributed by atoms with Gasteiger partial charge in [-0.2, -0.15) is 5.10 Å². The van der Waals surface area contributed by atoms with Gasteiger partial charge in [0.2, 0.25) is 0 Å². The number of rotatable bonds is 4. The third-order valence-electron chi connectivity index (χ3n) is 1.81. The summed E-state index contributed by atoms with van der Waals surface area (Å²) in [5.74, 6) is 0. The number of carboxylic acid groups (broad SMARTS) is 1. The lowest BCUT2D eigenvalue weighted by atomic mass is 10.3. The standard InChI is InChI=1S/C8H12BrN3O3/c1-5(10-8(14)15)3-12-6(4-13)2-7(9)11-12/h2,5,10,13H,3-4H2,1H3,(H,14,15)/t5-/m1/s1. The molecule has 1 heterocycles. The second kappa shape index (κ2) is 5.13. The van der Waals surface area contributed by atoms with Crippen molar-refractivity contribution in [2.45, 2.75) is 26.1 Å². The Morgan fingerprint density at radius 3 is 3.00 bits per heavy atom. The molecular formula is C8H12BrN3O3. The summed E-state index contributed by atoms with van der Waals surface area (Å²) in [6.45, 7) is 1.98. The second-order valence-electron chi connectivity index (χ2n) is 3.15. The van der Waals surface area contributed by atoms with Crippen LogP contribution in [0, 0.1) is 0 Å². The molecule has 0 saturated heterocycles. The average molecular weight is 278 g/mol. The predicted molar refractivity (Wildman–Crippen MR) is 56.5 cm³/mol. The molecule has 1 amide bonds. The maximum absolute atomic E-state index is 10.4. The first-order valence-corrected chi connectivity index (χ1v) is 5.14. The van der Waals surface area contributed by atoms with Gasteiger partial charge in [-0.25, -0.2) is 4.79 Å². The van der Waals surface area contributed by atoms with Gasteiger partial charge in [-0.1, -0.05) is 0 Å². The SMILES string of the molecule is C[C@H](Cn1nc(Br)cc1CO)NC(=O)O. The van der Waals surface area contributed by atoms with Gasteiger partial charge in [-0.3, -0.25) is 4.68 Å². The number of aliphatic hydroxyl groups is 1. The highest BCUT2D eigenvalue weighted by molar-refractivity contribution is 9.10. The van der Waals surface area contributed by atoms with Crippen LogP contribution in [-0.2, 0) is 13.2 Å². The van der Waals surface area contributed by atoms with Crippen LogP contribution in [0.1, 0.15) is 12.6 Å². The summed E-state index contributed by atoms with van der Waals surface area (Å²) in [6.07, 6.45) is -1.07. The summed E-state index contributed by atoms with van der Waals surface area (Å²) < 4.78 is 2.18. The molecule has 6 nitrogen and oxygen atoms in total. The Balaban J connectivity index is 2.66. The van der Waals surface area contributed by atoms with Crippen LogP contribution in [-0.4, -0.2) is 32.1 Å². The normalized spacial score (nSPS) is 12.5. The van der Waals surface area contributed by atoms with Gasteiger partial charge in [0.05, 0.1) is 18.8 Å². The van der Waals surface area contributed by atoms with Crippen molar-refractivity contribution in [3.8, 4) is 0 Å². The second-order valence-corrected chi connectivity index (χ2v) is 3.96. The van der Waals surface area contributed by atoms with Crippen molar-refractivity contribution in [3.05, 3.63) is 16.4 Å². The number of aromatic nitrogens is 2. The van der Waals surface area contributed by atoms with Gasteiger partial charge in [0.15, 0.2) is 0 Å². The molecule has 0 aliphatic rings. The van der Waals surface area contributed by atoms with Crippen LogP contribution in [0.2, 0.25) is 0 Å². The quantitative estimate of drug-likeness (QED) is 0.760. The van der Waals surface area contributed by atoms with E-state index in [-0.39, 0.29) is 12.6 Å². The zero-order chi connectivity index (χ0) is 11.4. The smallest absolute Gasteiger partial charge is 0.404 e. The minimum absolute atomic E-state index is 0.127. The Bertz CT molecular complexity index is 353. The molecule has 1 aromatic heterocycles. The van der Waals surface area contributed by atoms with Gasteiger partial charge >= 0.3 is 6.09 Å². The van der Waals surface area contributed by atoms with Crippen molar-refractivity contribution >= 4 is 22.0 Å².